The highest BCUT2D eigenvalue weighted by Crippen LogP contribution is 2.46. The van der Waals surface area contributed by atoms with E-state index in [4.69, 9.17) is 18.5 Å². The smallest absolute Gasteiger partial charge is 0.459 e. The largest absolute Gasteiger partial charge is 0.462 e. The molecule has 44 heavy (non-hydrogen) atoms. The van der Waals surface area contributed by atoms with Gasteiger partial charge in [0.1, 0.15) is 35.5 Å². The maximum Gasteiger partial charge on any atom is 0.459 e. The molecule has 3 heterocycles. The average molecular weight is 634 g/mol. The molecule has 2 aromatic heterocycles. The number of alkyl halides is 1. The number of hydrogen-bond acceptors (Lipinski definition) is 12. The summed E-state index contributed by atoms with van der Waals surface area (Å²) in [4.78, 5) is 49.5. The van der Waals surface area contributed by atoms with Gasteiger partial charge in [0.05, 0.1) is 24.8 Å². The summed E-state index contributed by atoms with van der Waals surface area (Å²) in [7, 11) is -4.33. The van der Waals surface area contributed by atoms with Gasteiger partial charge in [0.2, 0.25) is 0 Å². The van der Waals surface area contributed by atoms with Crippen LogP contribution in [0.2, 0.25) is 0 Å². The second kappa shape index (κ2) is 14.3. The molecule has 1 unspecified atom stereocenters. The number of halogens is 1. The minimum absolute atomic E-state index is 0.122. The fraction of sp³-hybridized carbons (Fsp3) is 0.429. The molecule has 3 aromatic rings. The highest BCUT2D eigenvalue weighted by molar-refractivity contribution is 7.52. The van der Waals surface area contributed by atoms with Crippen molar-refractivity contribution in [1.82, 2.24) is 24.6 Å². The van der Waals surface area contributed by atoms with E-state index in [0.29, 0.717) is 5.82 Å². The second-order valence-electron chi connectivity index (χ2n) is 10.2. The van der Waals surface area contributed by atoms with Gasteiger partial charge in [-0.2, -0.15) is 10.1 Å². The van der Waals surface area contributed by atoms with Gasteiger partial charge in [0, 0.05) is 12.4 Å². The van der Waals surface area contributed by atoms with Crippen LogP contribution in [-0.2, 0) is 29.8 Å². The zero-order valence-electron chi connectivity index (χ0n) is 24.4. The fourth-order valence-electron chi connectivity index (χ4n) is 4.18. The topological polar surface area (TPSA) is 181 Å². The summed E-state index contributed by atoms with van der Waals surface area (Å²) in [5, 5.41) is 13.1. The molecule has 6 atom stereocenters. The third-order valence-electron chi connectivity index (χ3n) is 6.29. The van der Waals surface area contributed by atoms with Gasteiger partial charge in [-0.3, -0.25) is 18.7 Å². The third kappa shape index (κ3) is 8.39. The molecule has 1 aliphatic heterocycles. The van der Waals surface area contributed by atoms with E-state index < -0.39 is 68.5 Å². The number of aromatic nitrogens is 4. The number of hydrogen-bond donors (Lipinski definition) is 2. The molecular weight excluding hydrogens is 600 g/mol. The number of nitrogens with zero attached hydrogens (tertiary/aromatic N) is 4. The summed E-state index contributed by atoms with van der Waals surface area (Å²) in [6, 6.07) is 9.64. The Bertz CT molecular complexity index is 1570. The molecule has 0 amide bonds. The highest BCUT2D eigenvalue weighted by Gasteiger charge is 2.47. The molecular formula is C28H33FN5O9P. The minimum atomic E-state index is -4.33. The fourth-order valence-corrected chi connectivity index (χ4v) is 5.68. The Kier molecular flexibility index (Phi) is 10.7. The van der Waals surface area contributed by atoms with E-state index >= 15 is 4.39 Å². The summed E-state index contributed by atoms with van der Waals surface area (Å²) in [5.41, 5.74) is -0.643. The van der Waals surface area contributed by atoms with Crippen molar-refractivity contribution in [3.05, 3.63) is 82.6 Å². The number of nitrogens with one attached hydrogen (secondary N) is 1. The SMILES string of the molecule is Cc1nccc(C(=O)Cc2ccn([C@@H]3O[C@H](CO[P@@](=O)(NC(C)C(=O)OC(C)C)Oc4ccccc4)[C@@H](O)[C@H]3F)c(=O)n2)n1. The lowest BCUT2D eigenvalue weighted by atomic mass is 10.1. The molecule has 0 spiro atoms. The molecule has 0 radical (unpaired) electrons. The number of ketones is 1. The minimum Gasteiger partial charge on any atom is -0.462 e. The van der Waals surface area contributed by atoms with Crippen LogP contribution in [0.1, 0.15) is 49.0 Å². The predicted octanol–water partition coefficient (Wildman–Crippen LogP) is 2.50. The maximum atomic E-state index is 15.2. The predicted molar refractivity (Wildman–Crippen MR) is 153 cm³/mol. The number of esters is 1. The van der Waals surface area contributed by atoms with Gasteiger partial charge in [0.15, 0.2) is 18.2 Å². The number of rotatable bonds is 13. The van der Waals surface area contributed by atoms with E-state index in [-0.39, 0.29) is 23.6 Å². The molecule has 0 bridgehead atoms. The number of para-hydroxylation sites is 1. The summed E-state index contributed by atoms with van der Waals surface area (Å²) in [5.74, 6) is -0.556. The van der Waals surface area contributed by atoms with E-state index in [1.165, 1.54) is 43.6 Å². The van der Waals surface area contributed by atoms with Crippen molar-refractivity contribution in [3.8, 4) is 5.75 Å². The molecule has 0 saturated carbocycles. The van der Waals surface area contributed by atoms with Gasteiger partial charge >= 0.3 is 19.4 Å². The number of aryl methyl sites for hydroxylation is 1. The first-order chi connectivity index (χ1) is 20.8. The molecule has 1 fully saturated rings. The van der Waals surface area contributed by atoms with E-state index in [0.717, 1.165) is 4.57 Å². The van der Waals surface area contributed by atoms with Crippen LogP contribution >= 0.6 is 7.75 Å². The Balaban J connectivity index is 1.45. The molecule has 4 rings (SSSR count). The number of benzene rings is 1. The van der Waals surface area contributed by atoms with Gasteiger partial charge in [0.25, 0.3) is 0 Å². The first-order valence-corrected chi connectivity index (χ1v) is 15.3. The van der Waals surface area contributed by atoms with Crippen molar-refractivity contribution in [2.45, 2.75) is 70.9 Å². The lowest BCUT2D eigenvalue weighted by molar-refractivity contribution is -0.149. The average Bonchev–Trinajstić information content (AvgIpc) is 3.25. The quantitative estimate of drug-likeness (QED) is 0.159. The van der Waals surface area contributed by atoms with Gasteiger partial charge in [-0.1, -0.05) is 18.2 Å². The molecule has 14 nitrogen and oxygen atoms in total. The van der Waals surface area contributed by atoms with Crippen molar-refractivity contribution in [2.75, 3.05) is 6.61 Å². The van der Waals surface area contributed by atoms with Crippen LogP contribution in [0.25, 0.3) is 0 Å². The van der Waals surface area contributed by atoms with E-state index in [9.17, 15) is 24.1 Å². The molecule has 16 heteroatoms. The summed E-state index contributed by atoms with van der Waals surface area (Å²) < 4.78 is 51.5. The van der Waals surface area contributed by atoms with Gasteiger partial charge in [-0.25, -0.2) is 23.7 Å². The van der Waals surface area contributed by atoms with E-state index in [1.54, 1.807) is 39.0 Å². The van der Waals surface area contributed by atoms with Crippen LogP contribution in [-0.4, -0.2) is 73.5 Å². The van der Waals surface area contributed by atoms with Crippen molar-refractivity contribution in [3.63, 3.8) is 0 Å². The first kappa shape index (κ1) is 33.0. The van der Waals surface area contributed by atoms with Crippen molar-refractivity contribution < 1.29 is 42.2 Å². The lowest BCUT2D eigenvalue weighted by Crippen LogP contribution is -2.37. The lowest BCUT2D eigenvalue weighted by Gasteiger charge is -2.25. The molecule has 1 aliphatic rings. The standard InChI is InChI=1S/C28H33FN5O9P/c1-16(2)41-27(37)17(3)33-44(39,43-20-8-6-5-7-9-20)40-15-23-25(36)24(29)26(42-23)34-13-11-19(32-28(34)38)14-22(35)21-10-12-30-18(4)31-21/h5-13,16-17,23-26,36H,14-15H2,1-4H3,(H,33,39)/t17?,23-,24-,25-,26-,44+/m1/s1. The second-order valence-corrected chi connectivity index (χ2v) is 11.9. The number of carbonyl (C=O) groups excluding carboxylic acids is 2. The number of Topliss-reactive ketones (excluding diaryl/α,β-unsaturated/α-hetero) is 1. The Morgan fingerprint density at radius 2 is 1.89 bits per heavy atom. The maximum absolute atomic E-state index is 15.2. The monoisotopic (exact) mass is 633 g/mol. The van der Waals surface area contributed by atoms with E-state index in [1.807, 2.05) is 0 Å². The Labute approximate surface area is 252 Å². The van der Waals surface area contributed by atoms with Crippen LogP contribution < -0.4 is 15.3 Å². The third-order valence-corrected chi connectivity index (χ3v) is 7.94. The van der Waals surface area contributed by atoms with Gasteiger partial charge in [-0.05, 0) is 52.0 Å². The number of aliphatic hydroxyl groups excluding tert-OH is 1. The Hall–Kier alpha value is -3.88. The molecule has 236 valence electrons. The number of carbonyl (C=O) groups is 2. The Morgan fingerprint density at radius 3 is 2.55 bits per heavy atom. The van der Waals surface area contributed by atoms with Gasteiger partial charge in [-0.15, -0.1) is 0 Å². The van der Waals surface area contributed by atoms with Crippen LogP contribution in [0.5, 0.6) is 5.75 Å². The van der Waals surface area contributed by atoms with Crippen molar-refractivity contribution in [2.24, 2.45) is 0 Å². The van der Waals surface area contributed by atoms with Crippen molar-refractivity contribution in [1.29, 1.82) is 0 Å². The number of aliphatic hydroxyl groups is 1. The molecule has 1 aromatic carbocycles. The van der Waals surface area contributed by atoms with E-state index in [2.05, 4.69) is 20.0 Å². The number of ether oxygens (including phenoxy) is 2. The molecule has 0 aliphatic carbocycles. The van der Waals surface area contributed by atoms with Crippen LogP contribution in [0.15, 0.2) is 59.7 Å². The Morgan fingerprint density at radius 1 is 1.16 bits per heavy atom. The molecule has 1 saturated heterocycles. The van der Waals surface area contributed by atoms with Crippen LogP contribution in [0.3, 0.4) is 0 Å². The molecule has 2 N–H and O–H groups in total. The van der Waals surface area contributed by atoms with Crippen LogP contribution in [0, 0.1) is 6.92 Å². The normalized spacial score (nSPS) is 21.9. The summed E-state index contributed by atoms with van der Waals surface area (Å²) >= 11 is 0. The highest BCUT2D eigenvalue weighted by atomic mass is 31.2. The zero-order chi connectivity index (χ0) is 32.0. The van der Waals surface area contributed by atoms with Gasteiger partial charge < -0.3 is 19.1 Å². The van der Waals surface area contributed by atoms with Crippen LogP contribution in [0.4, 0.5) is 4.39 Å². The van der Waals surface area contributed by atoms with Crippen molar-refractivity contribution >= 4 is 19.5 Å². The summed E-state index contributed by atoms with van der Waals surface area (Å²) in [6.07, 6.45) is -4.91. The summed E-state index contributed by atoms with van der Waals surface area (Å²) in [6.45, 7) is 5.69. The zero-order valence-corrected chi connectivity index (χ0v) is 25.3. The first-order valence-electron chi connectivity index (χ1n) is 13.7.